The molecule has 3 rings (SSSR count). The average Bonchev–Trinajstić information content (AvgIpc) is 2.76. The number of hydrogen-bond donors (Lipinski definition) is 1. The van der Waals surface area contributed by atoms with Crippen LogP contribution in [-0.2, 0) is 4.79 Å². The molecule has 0 heterocycles. The Morgan fingerprint density at radius 2 is 2.00 bits per heavy atom. The molecule has 3 aliphatic carbocycles. The van der Waals surface area contributed by atoms with Gasteiger partial charge < -0.3 is 5.11 Å². The summed E-state index contributed by atoms with van der Waals surface area (Å²) >= 11 is 0. The van der Waals surface area contributed by atoms with E-state index >= 15 is 0 Å². The van der Waals surface area contributed by atoms with Crippen LogP contribution in [-0.4, -0.2) is 17.0 Å². The molecule has 0 aromatic rings. The molecule has 0 radical (unpaired) electrons. The van der Waals surface area contributed by atoms with Crippen LogP contribution < -0.4 is 0 Å². The number of hydrogen-bond acceptors (Lipinski definition) is 1. The number of halogens is 2. The van der Waals surface area contributed by atoms with Crippen molar-refractivity contribution in [2.45, 2.75) is 25.2 Å². The lowest BCUT2D eigenvalue weighted by molar-refractivity contribution is -0.139. The Bertz CT molecular complexity index is 301. The minimum absolute atomic E-state index is 0.0657. The van der Waals surface area contributed by atoms with E-state index in [1.807, 2.05) is 0 Å². The fourth-order valence-electron chi connectivity index (χ4n) is 2.91. The molecule has 0 unspecified atom stereocenters. The predicted octanol–water partition coefficient (Wildman–Crippen LogP) is 1.51. The van der Waals surface area contributed by atoms with Crippen LogP contribution in [0.4, 0.5) is 8.78 Å². The highest BCUT2D eigenvalue weighted by molar-refractivity contribution is 5.77. The zero-order valence-corrected chi connectivity index (χ0v) is 6.31. The van der Waals surface area contributed by atoms with Crippen molar-refractivity contribution in [3.8, 4) is 0 Å². The maximum absolute atomic E-state index is 12.8. The highest BCUT2D eigenvalue weighted by Crippen LogP contribution is 2.95. The Kier molecular flexibility index (Phi) is 0.735. The first-order valence-electron chi connectivity index (χ1n) is 4.06. The van der Waals surface area contributed by atoms with E-state index in [4.69, 9.17) is 5.11 Å². The highest BCUT2D eigenvalue weighted by Gasteiger charge is 2.97. The van der Waals surface area contributed by atoms with E-state index in [0.29, 0.717) is 12.8 Å². The van der Waals surface area contributed by atoms with Gasteiger partial charge in [-0.2, -0.15) is 0 Å². The third kappa shape index (κ3) is 0.441. The van der Waals surface area contributed by atoms with Crippen molar-refractivity contribution in [3.05, 3.63) is 0 Å². The second-order valence-corrected chi connectivity index (χ2v) is 4.39. The van der Waals surface area contributed by atoms with Crippen molar-refractivity contribution >= 4 is 5.97 Å². The van der Waals surface area contributed by atoms with Gasteiger partial charge >= 0.3 is 5.97 Å². The van der Waals surface area contributed by atoms with Crippen LogP contribution in [0, 0.1) is 16.7 Å². The molecule has 66 valence electrons. The summed E-state index contributed by atoms with van der Waals surface area (Å²) in [5.74, 6) is -3.91. The molecule has 0 aromatic carbocycles. The Balaban J connectivity index is 1.83. The van der Waals surface area contributed by atoms with E-state index in [1.54, 1.807) is 0 Å². The van der Waals surface area contributed by atoms with Crippen LogP contribution in [0.15, 0.2) is 0 Å². The number of aliphatic carboxylic acids is 1. The monoisotopic (exact) mass is 174 g/mol. The molecule has 2 spiro atoms. The molecule has 1 N–H and O–H groups in total. The van der Waals surface area contributed by atoms with Gasteiger partial charge in [0.25, 0.3) is 5.92 Å². The lowest BCUT2D eigenvalue weighted by Crippen LogP contribution is -2.03. The van der Waals surface area contributed by atoms with Crippen molar-refractivity contribution in [1.29, 1.82) is 0 Å². The molecule has 3 saturated carbocycles. The first-order valence-corrected chi connectivity index (χ1v) is 4.06. The Morgan fingerprint density at radius 1 is 1.42 bits per heavy atom. The first-order chi connectivity index (χ1) is 5.45. The zero-order chi connectivity index (χ0) is 8.78. The normalized spacial score (nSPS) is 57.3. The zero-order valence-electron chi connectivity index (χ0n) is 6.31. The van der Waals surface area contributed by atoms with E-state index < -0.39 is 28.6 Å². The van der Waals surface area contributed by atoms with Crippen LogP contribution >= 0.6 is 0 Å². The van der Waals surface area contributed by atoms with Gasteiger partial charge in [0.05, 0.1) is 5.92 Å². The van der Waals surface area contributed by atoms with Crippen LogP contribution in [0.2, 0.25) is 0 Å². The maximum atomic E-state index is 12.8. The van der Waals surface area contributed by atoms with Crippen molar-refractivity contribution in [3.63, 3.8) is 0 Å². The van der Waals surface area contributed by atoms with Gasteiger partial charge in [0.1, 0.15) is 0 Å². The fourth-order valence-corrected chi connectivity index (χ4v) is 2.91. The van der Waals surface area contributed by atoms with Gasteiger partial charge in [-0.15, -0.1) is 0 Å². The van der Waals surface area contributed by atoms with E-state index in [2.05, 4.69) is 0 Å². The van der Waals surface area contributed by atoms with Crippen molar-refractivity contribution in [2.75, 3.05) is 0 Å². The Morgan fingerprint density at radius 3 is 2.25 bits per heavy atom. The lowest BCUT2D eigenvalue weighted by Gasteiger charge is -1.92. The number of rotatable bonds is 1. The van der Waals surface area contributed by atoms with E-state index in [-0.39, 0.29) is 6.42 Å². The summed E-state index contributed by atoms with van der Waals surface area (Å²) in [6.45, 7) is 0. The van der Waals surface area contributed by atoms with E-state index in [1.165, 1.54) is 0 Å². The lowest BCUT2D eigenvalue weighted by atomic mass is 10.2. The second-order valence-electron chi connectivity index (χ2n) is 4.39. The molecule has 0 bridgehead atoms. The summed E-state index contributed by atoms with van der Waals surface area (Å²) in [6.07, 6.45) is 0.867. The summed E-state index contributed by atoms with van der Waals surface area (Å²) < 4.78 is 25.5. The number of carboxylic acid groups (broad SMARTS) is 1. The fraction of sp³-hybridized carbons (Fsp3) is 0.875. The summed E-state index contributed by atoms with van der Waals surface area (Å²) in [7, 11) is 0. The van der Waals surface area contributed by atoms with Crippen LogP contribution in [0.5, 0.6) is 0 Å². The van der Waals surface area contributed by atoms with Crippen LogP contribution in [0.1, 0.15) is 19.3 Å². The second kappa shape index (κ2) is 1.30. The van der Waals surface area contributed by atoms with Gasteiger partial charge in [0.15, 0.2) is 0 Å². The van der Waals surface area contributed by atoms with Crippen LogP contribution in [0.25, 0.3) is 0 Å². The van der Waals surface area contributed by atoms with Gasteiger partial charge in [-0.05, 0) is 18.3 Å². The van der Waals surface area contributed by atoms with Gasteiger partial charge in [-0.1, -0.05) is 0 Å². The predicted molar refractivity (Wildman–Crippen MR) is 34.8 cm³/mol. The molecule has 2 nitrogen and oxygen atoms in total. The standard InChI is InChI=1S/C8H8F2O2/c9-8(10)3-7(8)2-6(7)1-4(6)5(11)12/h4H,1-3H2,(H,11,12)/t4-,6-,7-/m0/s1. The summed E-state index contributed by atoms with van der Waals surface area (Å²) in [5, 5.41) is 8.61. The molecule has 3 atom stereocenters. The van der Waals surface area contributed by atoms with Gasteiger partial charge in [0, 0.05) is 11.8 Å². The SMILES string of the molecule is O=C(O)[C@@H]1C[C@]12C[C@]21CC1(F)F. The topological polar surface area (TPSA) is 37.3 Å². The molecule has 12 heavy (non-hydrogen) atoms. The van der Waals surface area contributed by atoms with Gasteiger partial charge in [-0.3, -0.25) is 4.79 Å². The van der Waals surface area contributed by atoms with Gasteiger partial charge in [-0.25, -0.2) is 8.78 Å². The number of fused-ring (bicyclic) bond motifs is 1. The molecular formula is C8H8F2O2. The average molecular weight is 174 g/mol. The third-order valence-corrected chi connectivity index (χ3v) is 3.92. The molecule has 0 aliphatic heterocycles. The first kappa shape index (κ1) is 6.80. The molecule has 4 heteroatoms. The molecule has 0 amide bonds. The number of carboxylic acids is 1. The van der Waals surface area contributed by atoms with E-state index in [0.717, 1.165) is 0 Å². The Hall–Kier alpha value is -0.670. The minimum Gasteiger partial charge on any atom is -0.481 e. The van der Waals surface area contributed by atoms with E-state index in [9.17, 15) is 13.6 Å². The van der Waals surface area contributed by atoms with Gasteiger partial charge in [0.2, 0.25) is 0 Å². The molecule has 3 fully saturated rings. The van der Waals surface area contributed by atoms with Crippen molar-refractivity contribution in [2.24, 2.45) is 16.7 Å². The minimum atomic E-state index is -2.54. The highest BCUT2D eigenvalue weighted by atomic mass is 19.3. The van der Waals surface area contributed by atoms with Crippen molar-refractivity contribution < 1.29 is 18.7 Å². The summed E-state index contributed by atoms with van der Waals surface area (Å²) in [5.41, 5.74) is -1.33. The Labute approximate surface area is 67.6 Å². The van der Waals surface area contributed by atoms with Crippen LogP contribution in [0.3, 0.4) is 0 Å². The molecule has 0 aromatic heterocycles. The summed E-state index contributed by atoms with van der Waals surface area (Å²) in [4.78, 5) is 10.5. The summed E-state index contributed by atoms with van der Waals surface area (Å²) in [6, 6.07) is 0. The molecular weight excluding hydrogens is 166 g/mol. The quantitative estimate of drug-likeness (QED) is 0.654. The largest absolute Gasteiger partial charge is 0.481 e. The number of carbonyl (C=O) groups is 1. The maximum Gasteiger partial charge on any atom is 0.307 e. The molecule has 3 aliphatic rings. The third-order valence-electron chi connectivity index (χ3n) is 3.92. The smallest absolute Gasteiger partial charge is 0.307 e. The number of alkyl halides is 2. The van der Waals surface area contributed by atoms with Crippen molar-refractivity contribution in [1.82, 2.24) is 0 Å². The molecule has 0 saturated heterocycles.